The minimum absolute atomic E-state index is 0.0138. The van der Waals surface area contributed by atoms with E-state index in [-0.39, 0.29) is 17.7 Å². The summed E-state index contributed by atoms with van der Waals surface area (Å²) in [7, 11) is 0. The van der Waals surface area contributed by atoms with Crippen molar-refractivity contribution in [3.05, 3.63) is 30.3 Å². The number of nitrogens with one attached hydrogen (secondary N) is 2. The molecule has 0 aliphatic carbocycles. The van der Waals surface area contributed by atoms with Crippen LogP contribution in [0.4, 0.5) is 5.69 Å². The number of nitrogens with zero attached hydrogens (tertiary/aromatic N) is 2. The van der Waals surface area contributed by atoms with Gasteiger partial charge in [-0.15, -0.1) is 0 Å². The lowest BCUT2D eigenvalue weighted by atomic mass is 9.88. The van der Waals surface area contributed by atoms with E-state index >= 15 is 0 Å². The zero-order valence-corrected chi connectivity index (χ0v) is 10.1. The van der Waals surface area contributed by atoms with Crippen LogP contribution in [0.1, 0.15) is 13.3 Å². The molecule has 0 bridgehead atoms. The van der Waals surface area contributed by atoms with Crippen LogP contribution in [0.5, 0.6) is 0 Å². The predicted octanol–water partition coefficient (Wildman–Crippen LogP) is 1.71. The number of anilines is 1. The monoisotopic (exact) mass is 242 g/mol. The van der Waals surface area contributed by atoms with E-state index in [4.69, 9.17) is 5.26 Å². The fourth-order valence-electron chi connectivity index (χ4n) is 1.87. The number of piperidine rings is 1. The lowest BCUT2D eigenvalue weighted by Crippen LogP contribution is -2.45. The third-order valence-corrected chi connectivity index (χ3v) is 2.86. The molecule has 5 nitrogen and oxygen atoms in total. The van der Waals surface area contributed by atoms with Crippen LogP contribution in [0.15, 0.2) is 35.4 Å². The van der Waals surface area contributed by atoms with Crippen LogP contribution in [-0.4, -0.2) is 11.7 Å². The van der Waals surface area contributed by atoms with Crippen LogP contribution >= 0.6 is 0 Å². The lowest BCUT2D eigenvalue weighted by molar-refractivity contribution is -0.121. The largest absolute Gasteiger partial charge is 0.312 e. The number of para-hydroxylation sites is 1. The van der Waals surface area contributed by atoms with Crippen molar-refractivity contribution in [1.29, 1.82) is 5.26 Å². The van der Waals surface area contributed by atoms with Gasteiger partial charge >= 0.3 is 0 Å². The summed E-state index contributed by atoms with van der Waals surface area (Å²) in [5, 5.41) is 15.9. The van der Waals surface area contributed by atoms with Gasteiger partial charge in [0.1, 0.15) is 11.8 Å². The van der Waals surface area contributed by atoms with Crippen molar-refractivity contribution < 1.29 is 4.79 Å². The molecule has 5 heteroatoms. The Kier molecular flexibility index (Phi) is 3.58. The number of rotatable bonds is 2. The van der Waals surface area contributed by atoms with E-state index in [1.165, 1.54) is 0 Å². The van der Waals surface area contributed by atoms with Crippen LogP contribution in [0, 0.1) is 23.2 Å². The fourth-order valence-corrected chi connectivity index (χ4v) is 1.87. The van der Waals surface area contributed by atoms with Gasteiger partial charge in [-0.2, -0.15) is 10.4 Å². The topological polar surface area (TPSA) is 77.3 Å². The molecule has 0 aromatic heterocycles. The van der Waals surface area contributed by atoms with Gasteiger partial charge in [0.05, 0.1) is 11.8 Å². The lowest BCUT2D eigenvalue weighted by Gasteiger charge is -2.25. The van der Waals surface area contributed by atoms with Crippen molar-refractivity contribution in [2.24, 2.45) is 16.9 Å². The summed E-state index contributed by atoms with van der Waals surface area (Å²) in [5.74, 6) is -0.0910. The summed E-state index contributed by atoms with van der Waals surface area (Å²) < 4.78 is 0. The summed E-state index contributed by atoms with van der Waals surface area (Å²) in [6.07, 6.45) is 0.364. The Bertz CT molecular complexity index is 503. The van der Waals surface area contributed by atoms with E-state index in [9.17, 15) is 4.79 Å². The van der Waals surface area contributed by atoms with Crippen molar-refractivity contribution in [2.45, 2.75) is 13.3 Å². The first-order chi connectivity index (χ1) is 8.70. The normalized spacial score (nSPS) is 25.3. The number of hydrazone groups is 1. The van der Waals surface area contributed by atoms with Gasteiger partial charge in [-0.05, 0) is 18.1 Å². The van der Waals surface area contributed by atoms with Crippen molar-refractivity contribution in [2.75, 3.05) is 5.43 Å². The molecule has 1 aromatic carbocycles. The standard InChI is InChI=1S/C13H14N4O/c1-9-7-12(18)15-13(11(9)8-14)17-16-10-5-3-2-4-6-10/h2-6,9,11,16H,7H2,1H3,(H,15,17,18). The van der Waals surface area contributed by atoms with Crippen molar-refractivity contribution in [3.63, 3.8) is 0 Å². The zero-order chi connectivity index (χ0) is 13.0. The summed E-state index contributed by atoms with van der Waals surface area (Å²) in [4.78, 5) is 11.4. The van der Waals surface area contributed by atoms with Gasteiger partial charge in [-0.3, -0.25) is 10.2 Å². The van der Waals surface area contributed by atoms with Crippen LogP contribution < -0.4 is 10.7 Å². The molecule has 1 amide bonds. The highest BCUT2D eigenvalue weighted by Gasteiger charge is 2.31. The van der Waals surface area contributed by atoms with Gasteiger partial charge in [0.25, 0.3) is 0 Å². The first-order valence-corrected chi connectivity index (χ1v) is 5.79. The molecule has 0 spiro atoms. The number of carbonyl (C=O) groups excluding carboxylic acids is 1. The Labute approximate surface area is 105 Å². The van der Waals surface area contributed by atoms with Gasteiger partial charge in [-0.25, -0.2) is 0 Å². The summed E-state index contributed by atoms with van der Waals surface area (Å²) >= 11 is 0. The Hall–Kier alpha value is -2.35. The molecule has 1 saturated heterocycles. The summed E-state index contributed by atoms with van der Waals surface area (Å²) in [5.41, 5.74) is 3.66. The molecule has 1 fully saturated rings. The average Bonchev–Trinajstić information content (AvgIpc) is 2.37. The van der Waals surface area contributed by atoms with E-state index in [0.29, 0.717) is 12.3 Å². The number of hydrogen-bond donors (Lipinski definition) is 2. The number of amidine groups is 1. The molecule has 1 aliphatic rings. The molecule has 0 saturated carbocycles. The number of carbonyl (C=O) groups is 1. The quantitative estimate of drug-likeness (QED) is 0.775. The van der Waals surface area contributed by atoms with Gasteiger partial charge in [0.2, 0.25) is 5.91 Å². The Morgan fingerprint density at radius 1 is 1.44 bits per heavy atom. The zero-order valence-electron chi connectivity index (χ0n) is 10.1. The van der Waals surface area contributed by atoms with Gasteiger partial charge in [0, 0.05) is 6.42 Å². The number of hydrogen-bond acceptors (Lipinski definition) is 4. The first-order valence-electron chi connectivity index (χ1n) is 5.79. The maximum Gasteiger partial charge on any atom is 0.225 e. The molecular formula is C13H14N4O. The molecule has 92 valence electrons. The van der Waals surface area contributed by atoms with Crippen LogP contribution in [0.2, 0.25) is 0 Å². The van der Waals surface area contributed by atoms with Crippen LogP contribution in [0.3, 0.4) is 0 Å². The third-order valence-electron chi connectivity index (χ3n) is 2.86. The molecular weight excluding hydrogens is 228 g/mol. The molecule has 2 rings (SSSR count). The van der Waals surface area contributed by atoms with Crippen molar-refractivity contribution in [3.8, 4) is 6.07 Å². The van der Waals surface area contributed by atoms with Gasteiger partial charge in [0.15, 0.2) is 0 Å². The maximum atomic E-state index is 11.4. The van der Waals surface area contributed by atoms with E-state index < -0.39 is 0 Å². The second kappa shape index (κ2) is 5.32. The summed E-state index contributed by atoms with van der Waals surface area (Å²) in [6.45, 7) is 1.88. The fraction of sp³-hybridized carbons (Fsp3) is 0.308. The van der Waals surface area contributed by atoms with E-state index in [1.54, 1.807) is 0 Å². The molecule has 0 radical (unpaired) electrons. The van der Waals surface area contributed by atoms with Crippen LogP contribution in [0.25, 0.3) is 0 Å². The first kappa shape index (κ1) is 12.1. The smallest absolute Gasteiger partial charge is 0.225 e. The van der Waals surface area contributed by atoms with E-state index in [0.717, 1.165) is 5.69 Å². The molecule has 2 unspecified atom stereocenters. The average molecular weight is 242 g/mol. The van der Waals surface area contributed by atoms with E-state index in [1.807, 2.05) is 37.3 Å². The molecule has 1 heterocycles. The molecule has 1 aliphatic heterocycles. The highest BCUT2D eigenvalue weighted by Crippen LogP contribution is 2.20. The second-order valence-electron chi connectivity index (χ2n) is 4.31. The Morgan fingerprint density at radius 3 is 2.83 bits per heavy atom. The molecule has 2 N–H and O–H groups in total. The van der Waals surface area contributed by atoms with Gasteiger partial charge < -0.3 is 5.32 Å². The molecule has 18 heavy (non-hydrogen) atoms. The minimum Gasteiger partial charge on any atom is -0.312 e. The number of amides is 1. The van der Waals surface area contributed by atoms with Crippen molar-refractivity contribution in [1.82, 2.24) is 5.32 Å². The van der Waals surface area contributed by atoms with E-state index in [2.05, 4.69) is 21.9 Å². The number of benzene rings is 1. The number of nitriles is 1. The second-order valence-corrected chi connectivity index (χ2v) is 4.31. The predicted molar refractivity (Wildman–Crippen MR) is 68.5 cm³/mol. The highest BCUT2D eigenvalue weighted by atomic mass is 16.1. The van der Waals surface area contributed by atoms with Crippen LogP contribution in [-0.2, 0) is 4.79 Å². The molecule has 2 atom stereocenters. The highest BCUT2D eigenvalue weighted by molar-refractivity contribution is 6.03. The SMILES string of the molecule is CC1CC(=O)N/C(=N\Nc2ccccc2)C1C#N. The van der Waals surface area contributed by atoms with Crippen molar-refractivity contribution >= 4 is 17.4 Å². The Morgan fingerprint density at radius 2 is 2.17 bits per heavy atom. The maximum absolute atomic E-state index is 11.4. The summed E-state index contributed by atoms with van der Waals surface area (Å²) in [6, 6.07) is 11.6. The third kappa shape index (κ3) is 2.66. The molecule has 1 aromatic rings. The Balaban J connectivity index is 2.15. The van der Waals surface area contributed by atoms with Gasteiger partial charge in [-0.1, -0.05) is 25.1 Å². The minimum atomic E-state index is -0.376.